The van der Waals surface area contributed by atoms with Crippen LogP contribution in [0.2, 0.25) is 0 Å². The van der Waals surface area contributed by atoms with E-state index in [1.54, 1.807) is 28.1 Å². The maximum absolute atomic E-state index is 12.3. The lowest BCUT2D eigenvalue weighted by molar-refractivity contribution is -0.138. The van der Waals surface area contributed by atoms with Gasteiger partial charge in [0.1, 0.15) is 0 Å². The number of fused-ring (bicyclic) bond motifs is 1. The number of nitrogens with zero attached hydrogens (tertiary/aromatic N) is 1. The fraction of sp³-hybridized carbons (Fsp3) is 0.346. The molecule has 0 saturated carbocycles. The van der Waals surface area contributed by atoms with Gasteiger partial charge in [-0.05, 0) is 43.5 Å². The number of aryl methyl sites for hydroxylation is 2. The van der Waals surface area contributed by atoms with Crippen molar-refractivity contribution in [1.82, 2.24) is 4.57 Å². The van der Waals surface area contributed by atoms with E-state index >= 15 is 0 Å². The molecule has 3 rings (SSSR count). The zero-order valence-electron chi connectivity index (χ0n) is 19.7. The van der Waals surface area contributed by atoms with Crippen molar-refractivity contribution in [3.05, 3.63) is 53.1 Å². The molecule has 0 aliphatic rings. The van der Waals surface area contributed by atoms with E-state index in [1.807, 2.05) is 37.4 Å². The van der Waals surface area contributed by atoms with Gasteiger partial charge in [-0.25, -0.2) is 4.79 Å². The zero-order chi connectivity index (χ0) is 23.3. The fourth-order valence-electron chi connectivity index (χ4n) is 4.09. The van der Waals surface area contributed by atoms with Crippen molar-refractivity contribution >= 4 is 22.9 Å². The number of ether oxygens (including phenoxy) is 4. The summed E-state index contributed by atoms with van der Waals surface area (Å²) in [6, 6.07) is 12.1. The van der Waals surface area contributed by atoms with E-state index in [2.05, 4.69) is 23.6 Å². The third-order valence-electron chi connectivity index (χ3n) is 5.42. The molecule has 32 heavy (non-hydrogen) atoms. The number of esters is 1. The average molecular weight is 438 g/mol. The van der Waals surface area contributed by atoms with Crippen LogP contribution in [0.15, 0.2) is 42.0 Å². The first-order valence-corrected chi connectivity index (χ1v) is 10.7. The van der Waals surface area contributed by atoms with Crippen LogP contribution < -0.4 is 9.47 Å². The largest absolute Gasteiger partial charge is 0.493 e. The number of carbonyl (C=O) groups excluding carboxylic acids is 1. The van der Waals surface area contributed by atoms with Crippen molar-refractivity contribution in [2.24, 2.45) is 7.05 Å². The average Bonchev–Trinajstić information content (AvgIpc) is 3.11. The number of methoxy groups -OCH3 is 2. The molecule has 0 aliphatic heterocycles. The number of hydrogen-bond donors (Lipinski definition) is 0. The smallest absolute Gasteiger partial charge is 0.333 e. The van der Waals surface area contributed by atoms with Crippen LogP contribution in [0.25, 0.3) is 28.2 Å². The van der Waals surface area contributed by atoms with Gasteiger partial charge in [-0.1, -0.05) is 37.3 Å². The predicted octanol–water partition coefficient (Wildman–Crippen LogP) is 5.37. The minimum atomic E-state index is -0.340. The van der Waals surface area contributed by atoms with E-state index < -0.39 is 0 Å². The number of hydrogen-bond acceptors (Lipinski definition) is 5. The number of carbonyl (C=O) groups is 1. The van der Waals surface area contributed by atoms with Crippen LogP contribution in [0.3, 0.4) is 0 Å². The minimum absolute atomic E-state index is 0.0984. The number of rotatable bonds is 9. The van der Waals surface area contributed by atoms with Crippen molar-refractivity contribution in [3.8, 4) is 22.8 Å². The van der Waals surface area contributed by atoms with Gasteiger partial charge in [-0.2, -0.15) is 0 Å². The predicted molar refractivity (Wildman–Crippen MR) is 127 cm³/mol. The van der Waals surface area contributed by atoms with Crippen molar-refractivity contribution in [1.29, 1.82) is 0 Å². The van der Waals surface area contributed by atoms with Crippen molar-refractivity contribution < 1.29 is 23.7 Å². The second-order valence-electron chi connectivity index (χ2n) is 7.43. The molecule has 0 spiro atoms. The highest BCUT2D eigenvalue weighted by atomic mass is 16.7. The molecule has 0 atom stereocenters. The molecular weight excluding hydrogens is 406 g/mol. The molecule has 0 aliphatic carbocycles. The van der Waals surface area contributed by atoms with E-state index in [0.717, 1.165) is 39.7 Å². The summed E-state index contributed by atoms with van der Waals surface area (Å²) < 4.78 is 24.2. The van der Waals surface area contributed by atoms with Crippen LogP contribution in [0.5, 0.6) is 11.5 Å². The molecule has 1 aromatic heterocycles. The molecule has 0 N–H and O–H groups in total. The molecule has 3 aromatic rings. The van der Waals surface area contributed by atoms with E-state index in [9.17, 15) is 4.79 Å². The van der Waals surface area contributed by atoms with Gasteiger partial charge in [0, 0.05) is 25.3 Å². The first kappa shape index (κ1) is 23.4. The molecule has 6 nitrogen and oxygen atoms in total. The SMILES string of the molecule is CCOC(=O)/C(C)=C/c1cc(OC)c(OCOC)c2c(CC)c(-c3ccccc3)n(C)c12. The van der Waals surface area contributed by atoms with Gasteiger partial charge < -0.3 is 23.5 Å². The Morgan fingerprint density at radius 1 is 1.12 bits per heavy atom. The Kier molecular flexibility index (Phi) is 7.59. The number of benzene rings is 2. The van der Waals surface area contributed by atoms with Gasteiger partial charge in [-0.3, -0.25) is 0 Å². The third-order valence-corrected chi connectivity index (χ3v) is 5.42. The maximum Gasteiger partial charge on any atom is 0.333 e. The highest BCUT2D eigenvalue weighted by Gasteiger charge is 2.24. The summed E-state index contributed by atoms with van der Waals surface area (Å²) in [6.07, 6.45) is 2.63. The van der Waals surface area contributed by atoms with Crippen LogP contribution in [0.1, 0.15) is 31.9 Å². The van der Waals surface area contributed by atoms with Gasteiger partial charge in [-0.15, -0.1) is 0 Å². The lowest BCUT2D eigenvalue weighted by atomic mass is 10.00. The molecule has 0 bridgehead atoms. The van der Waals surface area contributed by atoms with Crippen molar-refractivity contribution in [3.63, 3.8) is 0 Å². The molecule has 0 radical (unpaired) electrons. The third kappa shape index (κ3) is 4.36. The summed E-state index contributed by atoms with van der Waals surface area (Å²) in [5.74, 6) is 0.870. The number of aromatic nitrogens is 1. The van der Waals surface area contributed by atoms with Gasteiger partial charge in [0.25, 0.3) is 0 Å². The molecule has 1 heterocycles. The van der Waals surface area contributed by atoms with E-state index in [1.165, 1.54) is 0 Å². The first-order valence-electron chi connectivity index (χ1n) is 10.7. The fourth-order valence-corrected chi connectivity index (χ4v) is 4.09. The molecule has 6 heteroatoms. The lowest BCUT2D eigenvalue weighted by Gasteiger charge is -2.15. The normalized spacial score (nSPS) is 11.6. The topological polar surface area (TPSA) is 58.9 Å². The molecule has 0 fully saturated rings. The van der Waals surface area contributed by atoms with Crippen LogP contribution in [0, 0.1) is 0 Å². The highest BCUT2D eigenvalue weighted by molar-refractivity contribution is 6.04. The van der Waals surface area contributed by atoms with Crippen LogP contribution in [-0.4, -0.2) is 38.2 Å². The van der Waals surface area contributed by atoms with E-state index in [-0.39, 0.29) is 12.8 Å². The molecule has 0 unspecified atom stereocenters. The Bertz CT molecular complexity index is 1130. The summed E-state index contributed by atoms with van der Waals surface area (Å²) in [7, 11) is 5.23. The zero-order valence-corrected chi connectivity index (χ0v) is 19.7. The minimum Gasteiger partial charge on any atom is -0.493 e. The Labute approximate surface area is 189 Å². The Balaban J connectivity index is 2.42. The monoisotopic (exact) mass is 437 g/mol. The molecule has 2 aromatic carbocycles. The Morgan fingerprint density at radius 2 is 1.84 bits per heavy atom. The second kappa shape index (κ2) is 10.4. The summed E-state index contributed by atoms with van der Waals surface area (Å²) >= 11 is 0. The Morgan fingerprint density at radius 3 is 2.44 bits per heavy atom. The van der Waals surface area contributed by atoms with Crippen molar-refractivity contribution in [2.45, 2.75) is 27.2 Å². The molecule has 0 amide bonds. The summed E-state index contributed by atoms with van der Waals surface area (Å²) in [4.78, 5) is 12.3. The second-order valence-corrected chi connectivity index (χ2v) is 7.43. The van der Waals surface area contributed by atoms with Gasteiger partial charge in [0.15, 0.2) is 18.3 Å². The lowest BCUT2D eigenvalue weighted by Crippen LogP contribution is -2.05. The molecular formula is C26H31NO5. The van der Waals surface area contributed by atoms with Gasteiger partial charge in [0.2, 0.25) is 0 Å². The quantitative estimate of drug-likeness (QED) is 0.256. The van der Waals surface area contributed by atoms with Gasteiger partial charge >= 0.3 is 5.97 Å². The van der Waals surface area contributed by atoms with Crippen LogP contribution in [-0.2, 0) is 27.7 Å². The van der Waals surface area contributed by atoms with Crippen LogP contribution in [0.4, 0.5) is 0 Å². The summed E-state index contributed by atoms with van der Waals surface area (Å²) in [6.45, 7) is 6.11. The highest BCUT2D eigenvalue weighted by Crippen LogP contribution is 2.45. The first-order chi connectivity index (χ1) is 15.5. The molecule has 0 saturated heterocycles. The standard InChI is InChI=1S/C26H31NO5/c1-7-20-22-24(27(4)23(20)18-12-10-9-11-13-18)19(14-17(3)26(28)31-8-2)15-21(30-6)25(22)32-16-29-5/h9-15H,7-8,16H2,1-6H3/b17-14+. The van der Waals surface area contributed by atoms with Crippen molar-refractivity contribution in [2.75, 3.05) is 27.6 Å². The Hall–Kier alpha value is -3.25. The summed E-state index contributed by atoms with van der Waals surface area (Å²) in [5, 5.41) is 0.952. The maximum atomic E-state index is 12.3. The summed E-state index contributed by atoms with van der Waals surface area (Å²) in [5.41, 5.74) is 5.67. The van der Waals surface area contributed by atoms with Gasteiger partial charge in [0.05, 0.1) is 30.3 Å². The van der Waals surface area contributed by atoms with E-state index in [0.29, 0.717) is 23.7 Å². The van der Waals surface area contributed by atoms with E-state index in [4.69, 9.17) is 18.9 Å². The molecule has 170 valence electrons. The van der Waals surface area contributed by atoms with Crippen LogP contribution >= 0.6 is 0 Å².